The van der Waals surface area contributed by atoms with Gasteiger partial charge >= 0.3 is 0 Å². The lowest BCUT2D eigenvalue weighted by Crippen LogP contribution is -2.13. The second-order valence-corrected chi connectivity index (χ2v) is 4.57. The van der Waals surface area contributed by atoms with Crippen LogP contribution in [0.2, 0.25) is 0 Å². The molecule has 0 bridgehead atoms. The van der Waals surface area contributed by atoms with E-state index in [0.29, 0.717) is 0 Å². The Hall–Kier alpha value is -1.81. The van der Waals surface area contributed by atoms with Crippen molar-refractivity contribution < 1.29 is 4.74 Å². The minimum atomic E-state index is -0.0179. The number of nitrogens with one attached hydrogen (secondary N) is 2. The van der Waals surface area contributed by atoms with Gasteiger partial charge in [0.2, 0.25) is 0 Å². The van der Waals surface area contributed by atoms with Crippen molar-refractivity contribution in [3.63, 3.8) is 0 Å². The van der Waals surface area contributed by atoms with Crippen molar-refractivity contribution in [2.24, 2.45) is 0 Å². The summed E-state index contributed by atoms with van der Waals surface area (Å²) in [5.41, 5.74) is 3.29. The van der Waals surface area contributed by atoms with Crippen LogP contribution in [0.25, 0.3) is 0 Å². The topological polar surface area (TPSA) is 49.9 Å². The first-order valence-electron chi connectivity index (χ1n) is 6.66. The van der Waals surface area contributed by atoms with E-state index in [4.69, 9.17) is 4.74 Å². The van der Waals surface area contributed by atoms with Crippen molar-refractivity contribution in [2.45, 2.75) is 32.9 Å². The van der Waals surface area contributed by atoms with Crippen LogP contribution in [0.4, 0.5) is 0 Å². The Morgan fingerprint density at radius 3 is 2.68 bits per heavy atom. The van der Waals surface area contributed by atoms with Gasteiger partial charge in [-0.3, -0.25) is 5.10 Å². The average molecular weight is 259 g/mol. The van der Waals surface area contributed by atoms with Crippen LogP contribution in [0, 0.1) is 6.92 Å². The maximum Gasteiger partial charge on any atom is 0.142 e. The maximum atomic E-state index is 6.04. The van der Waals surface area contributed by atoms with Gasteiger partial charge in [-0.05, 0) is 32.5 Å². The molecule has 1 unspecified atom stereocenters. The molecule has 1 atom stereocenters. The molecule has 0 radical (unpaired) electrons. The van der Waals surface area contributed by atoms with E-state index in [0.717, 1.165) is 30.1 Å². The summed E-state index contributed by atoms with van der Waals surface area (Å²) in [5, 5.41) is 10.6. The van der Waals surface area contributed by atoms with Gasteiger partial charge in [0.1, 0.15) is 17.5 Å². The smallest absolute Gasteiger partial charge is 0.142 e. The van der Waals surface area contributed by atoms with E-state index in [-0.39, 0.29) is 6.10 Å². The summed E-state index contributed by atoms with van der Waals surface area (Å²) >= 11 is 0. The highest BCUT2D eigenvalue weighted by Gasteiger charge is 2.20. The van der Waals surface area contributed by atoms with Crippen molar-refractivity contribution in [3.8, 4) is 5.75 Å². The fourth-order valence-corrected chi connectivity index (χ4v) is 2.13. The van der Waals surface area contributed by atoms with E-state index in [1.807, 2.05) is 44.3 Å². The molecular weight excluding hydrogens is 238 g/mol. The molecule has 0 aliphatic rings. The zero-order valence-corrected chi connectivity index (χ0v) is 11.7. The molecule has 0 fully saturated rings. The summed E-state index contributed by atoms with van der Waals surface area (Å²) in [4.78, 5) is 0. The highest BCUT2D eigenvalue weighted by molar-refractivity contribution is 5.28. The highest BCUT2D eigenvalue weighted by atomic mass is 16.5. The van der Waals surface area contributed by atoms with Gasteiger partial charge < -0.3 is 10.1 Å². The van der Waals surface area contributed by atoms with E-state index >= 15 is 0 Å². The largest absolute Gasteiger partial charge is 0.484 e. The third-order valence-electron chi connectivity index (χ3n) is 3.16. The van der Waals surface area contributed by atoms with Crippen LogP contribution >= 0.6 is 0 Å². The molecule has 2 rings (SSSR count). The molecule has 4 heteroatoms. The minimum absolute atomic E-state index is 0.0179. The standard InChI is InChI=1S/C15H21N3O/c1-4-14(19-12-8-6-5-7-9-12)15-13(10-16-3)11(2)17-18-15/h5-9,14,16H,4,10H2,1-3H3,(H,17,18). The number of benzene rings is 1. The molecule has 1 heterocycles. The molecule has 0 spiro atoms. The SMILES string of the molecule is CCC(Oc1ccccc1)c1n[nH]c(C)c1CNC. The van der Waals surface area contributed by atoms with Gasteiger partial charge in [-0.15, -0.1) is 0 Å². The molecule has 2 aromatic rings. The van der Waals surface area contributed by atoms with Crippen molar-refractivity contribution in [1.82, 2.24) is 15.5 Å². The molecule has 0 aliphatic heterocycles. The van der Waals surface area contributed by atoms with Gasteiger partial charge in [0.25, 0.3) is 0 Å². The Bertz CT molecular complexity index is 507. The number of nitrogens with zero attached hydrogens (tertiary/aromatic N) is 1. The van der Waals surface area contributed by atoms with Crippen molar-refractivity contribution in [1.29, 1.82) is 0 Å². The van der Waals surface area contributed by atoms with E-state index in [2.05, 4.69) is 22.4 Å². The molecule has 0 saturated heterocycles. The predicted molar refractivity (Wildman–Crippen MR) is 76.2 cm³/mol. The lowest BCUT2D eigenvalue weighted by atomic mass is 10.1. The molecule has 19 heavy (non-hydrogen) atoms. The molecule has 102 valence electrons. The van der Waals surface area contributed by atoms with Crippen molar-refractivity contribution in [2.75, 3.05) is 7.05 Å². The Kier molecular flexibility index (Phi) is 4.58. The fourth-order valence-electron chi connectivity index (χ4n) is 2.13. The number of rotatable bonds is 6. The van der Waals surface area contributed by atoms with Gasteiger partial charge in [-0.2, -0.15) is 5.10 Å². The van der Waals surface area contributed by atoms with Crippen molar-refractivity contribution >= 4 is 0 Å². The van der Waals surface area contributed by atoms with E-state index in [9.17, 15) is 0 Å². The normalized spacial score (nSPS) is 12.4. The molecule has 0 aliphatic carbocycles. The zero-order valence-electron chi connectivity index (χ0n) is 11.7. The Morgan fingerprint density at radius 2 is 2.05 bits per heavy atom. The number of hydrogen-bond acceptors (Lipinski definition) is 3. The molecule has 4 nitrogen and oxygen atoms in total. The molecular formula is C15H21N3O. The van der Waals surface area contributed by atoms with Crippen LogP contribution in [0.1, 0.15) is 36.4 Å². The summed E-state index contributed by atoms with van der Waals surface area (Å²) in [5.74, 6) is 0.880. The van der Waals surface area contributed by atoms with E-state index in [1.54, 1.807) is 0 Å². The third kappa shape index (κ3) is 3.15. The van der Waals surface area contributed by atoms with Gasteiger partial charge in [-0.1, -0.05) is 25.1 Å². The van der Waals surface area contributed by atoms with Gasteiger partial charge in [0.05, 0.1) is 0 Å². The van der Waals surface area contributed by atoms with Gasteiger partial charge in [0.15, 0.2) is 0 Å². The van der Waals surface area contributed by atoms with E-state index in [1.165, 1.54) is 5.56 Å². The first-order valence-corrected chi connectivity index (χ1v) is 6.66. The zero-order chi connectivity index (χ0) is 13.7. The average Bonchev–Trinajstić information content (AvgIpc) is 2.79. The molecule has 0 saturated carbocycles. The number of aromatic nitrogens is 2. The maximum absolute atomic E-state index is 6.04. The number of aromatic amines is 1. The summed E-state index contributed by atoms with van der Waals surface area (Å²) in [6.45, 7) is 4.95. The highest BCUT2D eigenvalue weighted by Crippen LogP contribution is 2.26. The van der Waals surface area contributed by atoms with Crippen LogP contribution < -0.4 is 10.1 Å². The molecule has 1 aromatic heterocycles. The van der Waals surface area contributed by atoms with Gasteiger partial charge in [-0.25, -0.2) is 0 Å². The summed E-state index contributed by atoms with van der Waals surface area (Å²) in [6, 6.07) is 9.89. The minimum Gasteiger partial charge on any atom is -0.484 e. The second-order valence-electron chi connectivity index (χ2n) is 4.57. The molecule has 2 N–H and O–H groups in total. The summed E-state index contributed by atoms with van der Waals surface area (Å²) < 4.78 is 6.04. The third-order valence-corrected chi connectivity index (χ3v) is 3.16. The lowest BCUT2D eigenvalue weighted by molar-refractivity contribution is 0.195. The monoisotopic (exact) mass is 259 g/mol. The first-order chi connectivity index (χ1) is 9.26. The predicted octanol–water partition coefficient (Wildman–Crippen LogP) is 2.97. The summed E-state index contributed by atoms with van der Waals surface area (Å²) in [7, 11) is 1.94. The quantitative estimate of drug-likeness (QED) is 0.838. The second kappa shape index (κ2) is 6.38. The van der Waals surface area contributed by atoms with Crippen LogP contribution in [0.3, 0.4) is 0 Å². The van der Waals surface area contributed by atoms with Crippen LogP contribution in [0.15, 0.2) is 30.3 Å². The fraction of sp³-hybridized carbons (Fsp3) is 0.400. The number of para-hydroxylation sites is 1. The summed E-state index contributed by atoms with van der Waals surface area (Å²) in [6.07, 6.45) is 0.867. The van der Waals surface area contributed by atoms with Crippen LogP contribution in [-0.4, -0.2) is 17.2 Å². The Labute approximate surface area is 114 Å². The Morgan fingerprint density at radius 1 is 1.32 bits per heavy atom. The van der Waals surface area contributed by atoms with Crippen molar-refractivity contribution in [3.05, 3.63) is 47.3 Å². The van der Waals surface area contributed by atoms with Crippen LogP contribution in [0.5, 0.6) is 5.75 Å². The van der Waals surface area contributed by atoms with Gasteiger partial charge in [0, 0.05) is 17.8 Å². The number of aryl methyl sites for hydroxylation is 1. The molecule has 0 amide bonds. The number of ether oxygens (including phenoxy) is 1. The number of hydrogen-bond donors (Lipinski definition) is 2. The van der Waals surface area contributed by atoms with Crippen LogP contribution in [-0.2, 0) is 6.54 Å². The molecule has 1 aromatic carbocycles. The number of H-pyrrole nitrogens is 1. The van der Waals surface area contributed by atoms with E-state index < -0.39 is 0 Å². The Balaban J connectivity index is 2.22. The first kappa shape index (κ1) is 13.6. The lowest BCUT2D eigenvalue weighted by Gasteiger charge is -2.17.